The van der Waals surface area contributed by atoms with Crippen molar-refractivity contribution >= 4 is 11.8 Å². The maximum Gasteiger partial charge on any atom is 0.237 e. The lowest BCUT2D eigenvalue weighted by Crippen LogP contribution is -2.55. The number of rotatable bonds is 5. The van der Waals surface area contributed by atoms with Gasteiger partial charge in [-0.2, -0.15) is 0 Å². The van der Waals surface area contributed by atoms with Crippen LogP contribution in [0.25, 0.3) is 0 Å². The number of nitrogens with one attached hydrogen (secondary N) is 1. The van der Waals surface area contributed by atoms with Crippen molar-refractivity contribution in [2.45, 2.75) is 39.7 Å². The molecule has 0 aromatic carbocycles. The van der Waals surface area contributed by atoms with Crippen molar-refractivity contribution < 1.29 is 14.3 Å². The summed E-state index contributed by atoms with van der Waals surface area (Å²) in [6, 6.07) is 0. The molecular formula is C16H29N3O3. The summed E-state index contributed by atoms with van der Waals surface area (Å²) in [5, 5.41) is 2.88. The van der Waals surface area contributed by atoms with E-state index in [9.17, 15) is 9.59 Å². The fourth-order valence-corrected chi connectivity index (χ4v) is 2.99. The van der Waals surface area contributed by atoms with E-state index in [1.165, 1.54) is 0 Å². The van der Waals surface area contributed by atoms with Crippen LogP contribution in [0.1, 0.15) is 33.6 Å². The molecule has 0 aliphatic carbocycles. The Hall–Kier alpha value is -1.14. The van der Waals surface area contributed by atoms with Crippen molar-refractivity contribution in [3.63, 3.8) is 0 Å². The van der Waals surface area contributed by atoms with Crippen LogP contribution in [0.15, 0.2) is 0 Å². The van der Waals surface area contributed by atoms with Crippen LogP contribution >= 0.6 is 0 Å². The smallest absolute Gasteiger partial charge is 0.237 e. The molecule has 2 fully saturated rings. The van der Waals surface area contributed by atoms with E-state index in [2.05, 4.69) is 17.1 Å². The van der Waals surface area contributed by atoms with Gasteiger partial charge in [-0.1, -0.05) is 6.92 Å². The molecule has 0 saturated carbocycles. The van der Waals surface area contributed by atoms with Gasteiger partial charge < -0.3 is 19.9 Å². The zero-order valence-electron chi connectivity index (χ0n) is 14.1. The minimum absolute atomic E-state index is 0.0758. The van der Waals surface area contributed by atoms with Gasteiger partial charge in [0.1, 0.15) is 5.41 Å². The first-order valence-electron chi connectivity index (χ1n) is 8.36. The summed E-state index contributed by atoms with van der Waals surface area (Å²) in [7, 11) is 0. The minimum atomic E-state index is -1.02. The molecule has 0 spiro atoms. The Morgan fingerprint density at radius 1 is 1.23 bits per heavy atom. The lowest BCUT2D eigenvalue weighted by molar-refractivity contribution is -0.150. The van der Waals surface area contributed by atoms with E-state index < -0.39 is 5.41 Å². The zero-order chi connectivity index (χ0) is 16.2. The van der Waals surface area contributed by atoms with Gasteiger partial charge in [0, 0.05) is 39.3 Å². The summed E-state index contributed by atoms with van der Waals surface area (Å²) in [5.41, 5.74) is -1.02. The number of likely N-dealkylation sites (N-methyl/N-ethyl adjacent to an activating group) is 1. The fourth-order valence-electron chi connectivity index (χ4n) is 2.99. The van der Waals surface area contributed by atoms with Crippen LogP contribution in [0, 0.1) is 5.41 Å². The highest BCUT2D eigenvalue weighted by molar-refractivity contribution is 6.04. The number of ether oxygens (including phenoxy) is 1. The first-order valence-corrected chi connectivity index (χ1v) is 8.36. The predicted molar refractivity (Wildman–Crippen MR) is 84.5 cm³/mol. The highest BCUT2D eigenvalue weighted by atomic mass is 16.5. The van der Waals surface area contributed by atoms with Gasteiger partial charge >= 0.3 is 0 Å². The second-order valence-corrected chi connectivity index (χ2v) is 6.70. The summed E-state index contributed by atoms with van der Waals surface area (Å²) in [4.78, 5) is 29.2. The van der Waals surface area contributed by atoms with E-state index >= 15 is 0 Å². The molecule has 2 aliphatic rings. The molecule has 1 N–H and O–H groups in total. The minimum Gasteiger partial charge on any atom is -0.376 e. The van der Waals surface area contributed by atoms with Crippen LogP contribution < -0.4 is 5.32 Å². The molecule has 6 heteroatoms. The van der Waals surface area contributed by atoms with Gasteiger partial charge in [-0.25, -0.2) is 0 Å². The Morgan fingerprint density at radius 3 is 2.45 bits per heavy atom. The maximum absolute atomic E-state index is 12.7. The summed E-state index contributed by atoms with van der Waals surface area (Å²) in [6.45, 7) is 11.0. The van der Waals surface area contributed by atoms with Crippen molar-refractivity contribution in [1.82, 2.24) is 15.1 Å². The lowest BCUT2D eigenvalue weighted by atomic mass is 9.90. The molecule has 2 heterocycles. The Kier molecular flexibility index (Phi) is 5.81. The number of nitrogens with zero attached hydrogens (tertiary/aromatic N) is 2. The van der Waals surface area contributed by atoms with Crippen molar-refractivity contribution in [3.05, 3.63) is 0 Å². The molecule has 22 heavy (non-hydrogen) atoms. The molecule has 2 rings (SSSR count). The van der Waals surface area contributed by atoms with Crippen LogP contribution in [0.4, 0.5) is 0 Å². The van der Waals surface area contributed by atoms with E-state index in [0.29, 0.717) is 19.6 Å². The normalized spacial score (nSPS) is 23.6. The number of hydrogen-bond donors (Lipinski definition) is 1. The van der Waals surface area contributed by atoms with E-state index in [1.807, 2.05) is 4.90 Å². The van der Waals surface area contributed by atoms with Gasteiger partial charge in [-0.3, -0.25) is 9.59 Å². The van der Waals surface area contributed by atoms with Crippen molar-refractivity contribution in [2.75, 3.05) is 45.9 Å². The van der Waals surface area contributed by atoms with Gasteiger partial charge in [-0.05, 0) is 33.2 Å². The average molecular weight is 311 g/mol. The van der Waals surface area contributed by atoms with Gasteiger partial charge in [-0.15, -0.1) is 0 Å². The third-order valence-corrected chi connectivity index (χ3v) is 4.72. The number of carbonyl (C=O) groups excluding carboxylic acids is 2. The van der Waals surface area contributed by atoms with Crippen LogP contribution in [-0.2, 0) is 14.3 Å². The van der Waals surface area contributed by atoms with Gasteiger partial charge in [0.2, 0.25) is 11.8 Å². The highest BCUT2D eigenvalue weighted by Gasteiger charge is 2.40. The van der Waals surface area contributed by atoms with E-state index in [4.69, 9.17) is 4.74 Å². The summed E-state index contributed by atoms with van der Waals surface area (Å²) in [6.07, 6.45) is 2.13. The largest absolute Gasteiger partial charge is 0.376 e. The van der Waals surface area contributed by atoms with Gasteiger partial charge in [0.15, 0.2) is 0 Å². The molecule has 2 aliphatic heterocycles. The van der Waals surface area contributed by atoms with Crippen LogP contribution in [0.3, 0.4) is 0 Å². The predicted octanol–water partition coefficient (Wildman–Crippen LogP) is 0.472. The Balaban J connectivity index is 1.84. The van der Waals surface area contributed by atoms with Crippen LogP contribution in [-0.4, -0.2) is 73.6 Å². The molecule has 1 atom stereocenters. The van der Waals surface area contributed by atoms with Crippen LogP contribution in [0.2, 0.25) is 0 Å². The molecule has 0 aromatic rings. The van der Waals surface area contributed by atoms with E-state index in [1.54, 1.807) is 13.8 Å². The number of piperazine rings is 1. The molecule has 126 valence electrons. The molecular weight excluding hydrogens is 282 g/mol. The second-order valence-electron chi connectivity index (χ2n) is 6.70. The zero-order valence-corrected chi connectivity index (χ0v) is 14.1. The topological polar surface area (TPSA) is 61.9 Å². The number of amides is 2. The molecule has 6 nitrogen and oxygen atoms in total. The Morgan fingerprint density at radius 2 is 1.91 bits per heavy atom. The fraction of sp³-hybridized carbons (Fsp3) is 0.875. The van der Waals surface area contributed by atoms with Crippen molar-refractivity contribution in [1.29, 1.82) is 0 Å². The van der Waals surface area contributed by atoms with Crippen LogP contribution in [0.5, 0.6) is 0 Å². The molecule has 0 aromatic heterocycles. The SMILES string of the molecule is CCN1CCN(C(=O)C(C)(C)C(=O)NCC2CCCO2)CC1. The third kappa shape index (κ3) is 3.98. The van der Waals surface area contributed by atoms with Crippen molar-refractivity contribution in [3.8, 4) is 0 Å². The molecule has 1 unspecified atom stereocenters. The maximum atomic E-state index is 12.7. The third-order valence-electron chi connectivity index (χ3n) is 4.72. The van der Waals surface area contributed by atoms with Crippen molar-refractivity contribution in [2.24, 2.45) is 5.41 Å². The number of carbonyl (C=O) groups is 2. The highest BCUT2D eigenvalue weighted by Crippen LogP contribution is 2.21. The van der Waals surface area contributed by atoms with Gasteiger partial charge in [0.25, 0.3) is 0 Å². The Labute approximate surface area is 133 Å². The molecule has 2 saturated heterocycles. The lowest BCUT2D eigenvalue weighted by Gasteiger charge is -2.37. The molecule has 2 amide bonds. The van der Waals surface area contributed by atoms with E-state index in [-0.39, 0.29) is 17.9 Å². The molecule has 0 bridgehead atoms. The first-order chi connectivity index (χ1) is 10.4. The summed E-state index contributed by atoms with van der Waals surface area (Å²) < 4.78 is 5.50. The second kappa shape index (κ2) is 7.42. The average Bonchev–Trinajstić information content (AvgIpc) is 3.05. The van der Waals surface area contributed by atoms with E-state index in [0.717, 1.165) is 39.1 Å². The molecule has 0 radical (unpaired) electrons. The first kappa shape index (κ1) is 17.2. The standard InChI is InChI=1S/C16H29N3O3/c1-4-18-7-9-19(10-8-18)15(21)16(2,3)14(20)17-12-13-6-5-11-22-13/h13H,4-12H2,1-3H3,(H,17,20). The summed E-state index contributed by atoms with van der Waals surface area (Å²) >= 11 is 0. The van der Waals surface area contributed by atoms with Gasteiger partial charge in [0.05, 0.1) is 6.10 Å². The monoisotopic (exact) mass is 311 g/mol. The quantitative estimate of drug-likeness (QED) is 0.750. The Bertz CT molecular complexity index is 397. The summed E-state index contributed by atoms with van der Waals surface area (Å²) in [5.74, 6) is -0.279. The number of hydrogen-bond acceptors (Lipinski definition) is 4.